The molecule has 5 rings (SSSR count). The number of benzene rings is 3. The number of carbonyl (C=O) groups excluding carboxylic acids is 4. The molecule has 2 aliphatic rings. The number of likely N-dealkylation sites (tertiary alicyclic amines) is 1. The summed E-state index contributed by atoms with van der Waals surface area (Å²) in [5.41, 5.74) is 6.73. The molecule has 3 aromatic carbocycles. The van der Waals surface area contributed by atoms with E-state index in [0.29, 0.717) is 61.5 Å². The second kappa shape index (κ2) is 15.4. The number of amides is 3. The third kappa shape index (κ3) is 7.69. The predicted octanol–water partition coefficient (Wildman–Crippen LogP) is 4.83. The summed E-state index contributed by atoms with van der Waals surface area (Å²) in [5.74, 6) is -0.828. The maximum atomic E-state index is 13.1. The maximum Gasteiger partial charge on any atom is 0.342 e. The highest BCUT2D eigenvalue weighted by molar-refractivity contribution is 6.33. The van der Waals surface area contributed by atoms with Crippen molar-refractivity contribution in [1.29, 1.82) is 0 Å². The number of carbonyl (C=O) groups is 4. The number of non-ortho nitro benzene ring substituents is 1. The van der Waals surface area contributed by atoms with Gasteiger partial charge in [-0.2, -0.15) is 0 Å². The minimum atomic E-state index is -0.529. The van der Waals surface area contributed by atoms with Crippen molar-refractivity contribution in [2.45, 2.75) is 38.5 Å². The minimum absolute atomic E-state index is 0.0325. The van der Waals surface area contributed by atoms with Crippen molar-refractivity contribution in [2.24, 2.45) is 5.92 Å². The first-order chi connectivity index (χ1) is 23.1. The monoisotopic (exact) mass is 679 g/mol. The fraction of sp³-hybridized carbons (Fsp3) is 0.412. The number of nitro groups is 1. The van der Waals surface area contributed by atoms with Gasteiger partial charge in [0.2, 0.25) is 5.91 Å². The molecule has 0 aromatic heterocycles. The van der Waals surface area contributed by atoms with Crippen LogP contribution in [0.2, 0.25) is 5.02 Å². The van der Waals surface area contributed by atoms with Crippen LogP contribution in [-0.2, 0) is 9.53 Å². The number of anilines is 1. The Bertz CT molecular complexity index is 1720. The van der Waals surface area contributed by atoms with Gasteiger partial charge in [-0.05, 0) is 69.0 Å². The molecule has 3 N–H and O–H groups in total. The van der Waals surface area contributed by atoms with Crippen LogP contribution in [0.15, 0.2) is 42.5 Å². The number of piperidine rings is 1. The highest BCUT2D eigenvalue weighted by atomic mass is 35.5. The number of ether oxygens (including phenoxy) is 2. The summed E-state index contributed by atoms with van der Waals surface area (Å²) in [7, 11) is 1.44. The molecule has 14 heteroatoms. The van der Waals surface area contributed by atoms with Gasteiger partial charge in [-0.1, -0.05) is 24.1 Å². The average molecular weight is 680 g/mol. The third-order valence-corrected chi connectivity index (χ3v) is 9.25. The molecule has 0 atom stereocenters. The molecule has 0 bridgehead atoms. The molecule has 1 fully saturated rings. The van der Waals surface area contributed by atoms with Crippen molar-refractivity contribution in [3.8, 4) is 5.75 Å². The molecular weight excluding hydrogens is 642 g/mol. The Labute approximate surface area is 282 Å². The zero-order valence-electron chi connectivity index (χ0n) is 26.7. The minimum Gasteiger partial charge on any atom is -0.496 e. The van der Waals surface area contributed by atoms with Crippen LogP contribution in [0.25, 0.3) is 10.8 Å². The largest absolute Gasteiger partial charge is 0.496 e. The van der Waals surface area contributed by atoms with E-state index in [1.165, 1.54) is 36.3 Å². The van der Waals surface area contributed by atoms with Crippen molar-refractivity contribution in [3.05, 3.63) is 74.3 Å². The molecule has 3 aromatic rings. The summed E-state index contributed by atoms with van der Waals surface area (Å²) in [6.07, 6.45) is 3.99. The lowest BCUT2D eigenvalue weighted by Gasteiger charge is -2.31. The molecule has 48 heavy (non-hydrogen) atoms. The van der Waals surface area contributed by atoms with Gasteiger partial charge in [0.15, 0.2) is 0 Å². The van der Waals surface area contributed by atoms with Gasteiger partial charge in [0.05, 0.1) is 28.1 Å². The maximum absolute atomic E-state index is 13.1. The zero-order valence-corrected chi connectivity index (χ0v) is 27.4. The number of hydrogen-bond acceptors (Lipinski definition) is 10. The second-order valence-corrected chi connectivity index (χ2v) is 12.4. The Morgan fingerprint density at radius 3 is 2.48 bits per heavy atom. The Hall–Kier alpha value is -4.75. The van der Waals surface area contributed by atoms with E-state index in [9.17, 15) is 29.3 Å². The Morgan fingerprint density at radius 2 is 1.77 bits per heavy atom. The molecule has 2 heterocycles. The van der Waals surface area contributed by atoms with E-state index in [1.54, 1.807) is 18.2 Å². The zero-order chi connectivity index (χ0) is 34.4. The fourth-order valence-corrected chi connectivity index (χ4v) is 6.39. The number of nitrogens with two attached hydrogens (primary N) is 1. The van der Waals surface area contributed by atoms with Crippen molar-refractivity contribution < 1.29 is 33.6 Å². The Morgan fingerprint density at radius 1 is 1.04 bits per heavy atom. The molecule has 0 saturated carbocycles. The fourth-order valence-electron chi connectivity index (χ4n) is 6.23. The molecular formula is C34H38ClN5O8. The molecule has 0 aliphatic carbocycles. The van der Waals surface area contributed by atoms with Gasteiger partial charge in [-0.25, -0.2) is 4.79 Å². The summed E-state index contributed by atoms with van der Waals surface area (Å²) in [6.45, 7) is 3.28. The van der Waals surface area contributed by atoms with E-state index in [1.807, 2.05) is 0 Å². The number of halogens is 1. The number of methoxy groups -OCH3 is 1. The number of rotatable bonds is 14. The van der Waals surface area contributed by atoms with E-state index in [-0.39, 0.29) is 51.8 Å². The average Bonchev–Trinajstić information content (AvgIpc) is 3.08. The quantitative estimate of drug-likeness (QED) is 0.0599. The van der Waals surface area contributed by atoms with Crippen LogP contribution in [0.4, 0.5) is 11.4 Å². The number of nitrogens with zero attached hydrogens (tertiary/aromatic N) is 3. The summed E-state index contributed by atoms with van der Waals surface area (Å²) in [4.78, 5) is 65.6. The number of nitro benzene ring substituents is 1. The first kappa shape index (κ1) is 34.6. The van der Waals surface area contributed by atoms with Crippen LogP contribution in [-0.4, -0.2) is 84.9 Å². The Balaban J connectivity index is 0.966. The summed E-state index contributed by atoms with van der Waals surface area (Å²) in [5, 5.41) is 15.3. The predicted molar refractivity (Wildman–Crippen MR) is 179 cm³/mol. The highest BCUT2D eigenvalue weighted by Gasteiger charge is 2.34. The SMILES string of the molecule is COc1cc(N)c(Cl)cc1C(=O)OCCN1CCC(CNC(=O)CCCCCN2C(=O)c3cccc4c([N+](=O)[O-])ccc(c34)C2=O)CC1. The van der Waals surface area contributed by atoms with Crippen LogP contribution in [0.1, 0.15) is 69.6 Å². The molecule has 254 valence electrons. The third-order valence-electron chi connectivity index (χ3n) is 8.93. The van der Waals surface area contributed by atoms with E-state index in [4.69, 9.17) is 26.8 Å². The number of esters is 1. The van der Waals surface area contributed by atoms with Gasteiger partial charge in [0.25, 0.3) is 17.5 Å². The van der Waals surface area contributed by atoms with Crippen molar-refractivity contribution in [1.82, 2.24) is 15.1 Å². The molecule has 13 nitrogen and oxygen atoms in total. The van der Waals surface area contributed by atoms with Crippen LogP contribution in [0.3, 0.4) is 0 Å². The van der Waals surface area contributed by atoms with Gasteiger partial charge in [-0.15, -0.1) is 0 Å². The van der Waals surface area contributed by atoms with Gasteiger partial charge < -0.3 is 20.5 Å². The number of unbranched alkanes of at least 4 members (excludes halogenated alkanes) is 2. The first-order valence-corrected chi connectivity index (χ1v) is 16.3. The van der Waals surface area contributed by atoms with Crippen LogP contribution in [0, 0.1) is 16.0 Å². The number of hydrogen-bond donors (Lipinski definition) is 2. The normalized spacial score (nSPS) is 15.1. The summed E-state index contributed by atoms with van der Waals surface area (Å²) in [6, 6.07) is 10.4. The van der Waals surface area contributed by atoms with Crippen molar-refractivity contribution in [2.75, 3.05) is 52.2 Å². The number of nitrogen functional groups attached to an aromatic ring is 1. The smallest absolute Gasteiger partial charge is 0.342 e. The van der Waals surface area contributed by atoms with Gasteiger partial charge in [0, 0.05) is 54.7 Å². The lowest BCUT2D eigenvalue weighted by molar-refractivity contribution is -0.383. The molecule has 1 saturated heterocycles. The first-order valence-electron chi connectivity index (χ1n) is 15.9. The number of nitrogens with one attached hydrogen (secondary N) is 1. The highest BCUT2D eigenvalue weighted by Crippen LogP contribution is 2.35. The van der Waals surface area contributed by atoms with Crippen molar-refractivity contribution in [3.63, 3.8) is 0 Å². The van der Waals surface area contributed by atoms with Crippen molar-refractivity contribution >= 4 is 57.4 Å². The van der Waals surface area contributed by atoms with Gasteiger partial charge >= 0.3 is 5.97 Å². The van der Waals surface area contributed by atoms with Crippen LogP contribution >= 0.6 is 11.6 Å². The number of imide groups is 1. The Kier molecular flexibility index (Phi) is 11.1. The lowest BCUT2D eigenvalue weighted by Crippen LogP contribution is -2.41. The van der Waals surface area contributed by atoms with Crippen LogP contribution in [0.5, 0.6) is 5.75 Å². The molecule has 0 radical (unpaired) electrons. The summed E-state index contributed by atoms with van der Waals surface area (Å²) >= 11 is 6.05. The molecule has 0 spiro atoms. The topological polar surface area (TPSA) is 174 Å². The lowest BCUT2D eigenvalue weighted by atomic mass is 9.93. The van der Waals surface area contributed by atoms with E-state index in [2.05, 4.69) is 10.2 Å². The van der Waals surface area contributed by atoms with E-state index in [0.717, 1.165) is 25.9 Å². The molecule has 0 unspecified atom stereocenters. The summed E-state index contributed by atoms with van der Waals surface area (Å²) < 4.78 is 10.7. The van der Waals surface area contributed by atoms with E-state index < -0.39 is 22.7 Å². The molecule has 2 aliphatic heterocycles. The van der Waals surface area contributed by atoms with Gasteiger partial charge in [0.1, 0.15) is 17.9 Å². The molecule has 3 amide bonds. The second-order valence-electron chi connectivity index (χ2n) is 12.0. The van der Waals surface area contributed by atoms with Crippen LogP contribution < -0.4 is 15.8 Å². The standard InChI is InChI=1S/C34H38ClN5O8/c1-47-29-19-27(36)26(35)18-25(29)34(44)48-17-16-38-14-11-21(12-15-38)20-37-30(41)8-3-2-4-13-39-32(42)23-7-5-6-22-28(40(45)46)10-9-24(31(22)23)33(39)43/h5-7,9-10,18-19,21H,2-4,8,11-17,20,36H2,1H3,(H,37,41). The van der Waals surface area contributed by atoms with Gasteiger partial charge in [-0.3, -0.25) is 34.3 Å². The van der Waals surface area contributed by atoms with E-state index >= 15 is 0 Å².